The van der Waals surface area contributed by atoms with Crippen molar-refractivity contribution in [2.45, 2.75) is 6.29 Å². The Balaban J connectivity index is 0.000000720. The molecule has 0 amide bonds. The van der Waals surface area contributed by atoms with Crippen LogP contribution in [0, 0.1) is 6.07 Å². The minimum absolute atomic E-state index is 0. The zero-order chi connectivity index (χ0) is 7.90. The van der Waals surface area contributed by atoms with E-state index in [0.717, 1.165) is 0 Å². The van der Waals surface area contributed by atoms with Crippen LogP contribution in [0.2, 0.25) is 0 Å². The number of fused-ring (bicyclic) bond motifs is 1. The Bertz CT molecular complexity index is 269. The smallest absolute Gasteiger partial charge is 1.00 e. The predicted octanol–water partition coefficient (Wildman–Crippen LogP) is -1.57. The Morgan fingerprint density at radius 3 is 2.46 bits per heavy atom. The van der Waals surface area contributed by atoms with E-state index in [1.807, 2.05) is 0 Å². The third-order valence-electron chi connectivity index (χ3n) is 1.25. The van der Waals surface area contributed by atoms with Crippen molar-refractivity contribution < 1.29 is 35.2 Å². The van der Waals surface area contributed by atoms with Crippen molar-refractivity contribution >= 4 is 23.1 Å². The first-order valence-corrected chi connectivity index (χ1v) is 2.93. The molecule has 66 valence electrons. The Kier molecular flexibility index (Phi) is 4.41. The Labute approximate surface area is 100 Å². The average Bonchev–Trinajstić information content (AvgIpc) is 2.21. The van der Waals surface area contributed by atoms with Crippen LogP contribution in [0.3, 0.4) is 0 Å². The first-order valence-electron chi connectivity index (χ1n) is 2.93. The molecule has 0 aromatic heterocycles. The second kappa shape index (κ2) is 4.43. The van der Waals surface area contributed by atoms with Gasteiger partial charge in [0.2, 0.25) is 0 Å². The van der Waals surface area contributed by atoms with Gasteiger partial charge in [0, 0.05) is 0 Å². The van der Waals surface area contributed by atoms with Crippen molar-refractivity contribution in [1.29, 1.82) is 0 Å². The van der Waals surface area contributed by atoms with Crippen LogP contribution in [-0.2, 0) is 0 Å². The van der Waals surface area contributed by atoms with Gasteiger partial charge in [0.25, 0.3) is 0 Å². The van der Waals surface area contributed by atoms with Crippen molar-refractivity contribution in [2.24, 2.45) is 0 Å². The molecule has 0 N–H and O–H groups in total. The first kappa shape index (κ1) is 12.9. The van der Waals surface area contributed by atoms with Gasteiger partial charge in [0.1, 0.15) is 0 Å². The third kappa shape index (κ3) is 2.68. The van der Waals surface area contributed by atoms with Crippen LogP contribution in [0.1, 0.15) is 0 Å². The molecule has 0 unspecified atom stereocenters. The maximum absolute atomic E-state index is 12.3. The molecule has 6 heteroatoms. The van der Waals surface area contributed by atoms with Crippen molar-refractivity contribution in [3.05, 3.63) is 24.3 Å². The van der Waals surface area contributed by atoms with Crippen LogP contribution >= 0.6 is 0 Å². The summed E-state index contributed by atoms with van der Waals surface area (Å²) in [5.41, 5.74) is 0. The molecule has 0 aliphatic carbocycles. The zero-order valence-electron chi connectivity index (χ0n) is 6.39. The molecule has 2 nitrogen and oxygen atoms in total. The Morgan fingerprint density at radius 2 is 1.85 bits per heavy atom. The van der Waals surface area contributed by atoms with Crippen LogP contribution < -0.4 is 26.5 Å². The SMILES string of the molecule is FC1(F)Oc2c[c-]ccc2O1.[Br-].[Mg+2]. The summed E-state index contributed by atoms with van der Waals surface area (Å²) in [7, 11) is 0. The van der Waals surface area contributed by atoms with E-state index < -0.39 is 6.29 Å². The summed E-state index contributed by atoms with van der Waals surface area (Å²) in [6.45, 7) is 0. The molecule has 13 heavy (non-hydrogen) atoms. The quantitative estimate of drug-likeness (QED) is 0.415. The summed E-state index contributed by atoms with van der Waals surface area (Å²) in [6, 6.07) is 6.74. The molecule has 1 heterocycles. The van der Waals surface area contributed by atoms with Crippen LogP contribution in [0.5, 0.6) is 11.5 Å². The van der Waals surface area contributed by atoms with E-state index >= 15 is 0 Å². The normalized spacial score (nSPS) is 15.5. The van der Waals surface area contributed by atoms with Gasteiger partial charge in [-0.3, -0.25) is 0 Å². The Morgan fingerprint density at radius 1 is 1.23 bits per heavy atom. The van der Waals surface area contributed by atoms with E-state index in [4.69, 9.17) is 0 Å². The second-order valence-electron chi connectivity index (χ2n) is 2.04. The van der Waals surface area contributed by atoms with Crippen LogP contribution in [0.25, 0.3) is 0 Å². The second-order valence-corrected chi connectivity index (χ2v) is 2.04. The van der Waals surface area contributed by atoms with Crippen LogP contribution in [0.15, 0.2) is 18.2 Å². The van der Waals surface area contributed by atoms with Gasteiger partial charge in [-0.1, -0.05) is 0 Å². The molecule has 0 radical (unpaired) electrons. The summed E-state index contributed by atoms with van der Waals surface area (Å²) >= 11 is 0. The number of hydrogen-bond donors (Lipinski definition) is 0. The van der Waals surface area contributed by atoms with Gasteiger partial charge in [-0.2, -0.15) is 12.1 Å². The summed E-state index contributed by atoms with van der Waals surface area (Å²) in [4.78, 5) is 0. The van der Waals surface area contributed by atoms with E-state index in [2.05, 4.69) is 15.5 Å². The molecule has 0 atom stereocenters. The fourth-order valence-electron chi connectivity index (χ4n) is 0.842. The van der Waals surface area contributed by atoms with E-state index in [9.17, 15) is 8.78 Å². The largest absolute Gasteiger partial charge is 2.00 e. The number of benzene rings is 1. The number of ether oxygens (including phenoxy) is 2. The maximum atomic E-state index is 12.3. The number of alkyl halides is 2. The zero-order valence-corrected chi connectivity index (χ0v) is 9.39. The van der Waals surface area contributed by atoms with E-state index in [0.29, 0.717) is 0 Å². The van der Waals surface area contributed by atoms with Crippen molar-refractivity contribution in [3.8, 4) is 11.5 Å². The van der Waals surface area contributed by atoms with Crippen LogP contribution in [0.4, 0.5) is 8.78 Å². The minimum atomic E-state index is -3.52. The van der Waals surface area contributed by atoms with Crippen LogP contribution in [-0.4, -0.2) is 29.3 Å². The fraction of sp³-hybridized carbons (Fsp3) is 0.143. The van der Waals surface area contributed by atoms with Gasteiger partial charge in [-0.15, -0.1) is 20.9 Å². The average molecular weight is 261 g/mol. The Hall–Kier alpha value is -0.0738. The molecular weight excluding hydrogens is 258 g/mol. The van der Waals surface area contributed by atoms with E-state index in [1.165, 1.54) is 18.2 Å². The van der Waals surface area contributed by atoms with Gasteiger partial charge in [0.05, 0.1) is 11.5 Å². The molecule has 1 aliphatic rings. The van der Waals surface area contributed by atoms with Gasteiger partial charge < -0.3 is 26.5 Å². The topological polar surface area (TPSA) is 18.5 Å². The molecular formula is C7H3BrF2MgO2. The first-order chi connectivity index (χ1) is 5.17. The molecule has 1 aromatic carbocycles. The van der Waals surface area contributed by atoms with E-state index in [-0.39, 0.29) is 51.5 Å². The number of rotatable bonds is 0. The van der Waals surface area contributed by atoms with Crippen molar-refractivity contribution in [1.82, 2.24) is 0 Å². The standard InChI is InChI=1S/C7H3F2O2.BrH.Mg/c8-7(9)10-5-3-1-2-4-6(5)11-7;;/h1,3-4H;1H;/q-1;;+2/p-1. The third-order valence-corrected chi connectivity index (χ3v) is 1.25. The summed E-state index contributed by atoms with van der Waals surface area (Å²) < 4.78 is 32.8. The minimum Gasteiger partial charge on any atom is -1.00 e. The van der Waals surface area contributed by atoms with Gasteiger partial charge in [-0.05, 0) is 0 Å². The molecule has 0 bridgehead atoms. The predicted molar refractivity (Wildman–Crippen MR) is 37.2 cm³/mol. The number of halogens is 3. The van der Waals surface area contributed by atoms with Gasteiger partial charge >= 0.3 is 29.3 Å². The molecule has 0 fully saturated rings. The summed E-state index contributed by atoms with van der Waals surface area (Å²) in [6.07, 6.45) is -3.52. The summed E-state index contributed by atoms with van der Waals surface area (Å²) in [5, 5.41) is 0. The molecule has 0 spiro atoms. The molecule has 2 rings (SSSR count). The van der Waals surface area contributed by atoms with Gasteiger partial charge in [-0.25, -0.2) is 0 Å². The van der Waals surface area contributed by atoms with E-state index in [1.54, 1.807) is 0 Å². The number of hydrogen-bond acceptors (Lipinski definition) is 2. The van der Waals surface area contributed by atoms with Crippen molar-refractivity contribution in [2.75, 3.05) is 0 Å². The molecule has 1 aromatic rings. The van der Waals surface area contributed by atoms with Crippen molar-refractivity contribution in [3.63, 3.8) is 0 Å². The molecule has 0 saturated carbocycles. The fourth-order valence-corrected chi connectivity index (χ4v) is 0.842. The van der Waals surface area contributed by atoms with Gasteiger partial charge in [0.15, 0.2) is 0 Å². The maximum Gasteiger partial charge on any atom is 2.00 e. The molecule has 0 saturated heterocycles. The molecule has 1 aliphatic heterocycles. The summed E-state index contributed by atoms with van der Waals surface area (Å²) in [5.74, 6) is 0.0752. The monoisotopic (exact) mass is 260 g/mol.